The van der Waals surface area contributed by atoms with Crippen LogP contribution in [0.3, 0.4) is 0 Å². The number of hydrogen-bond acceptors (Lipinski definition) is 4. The van der Waals surface area contributed by atoms with E-state index >= 15 is 0 Å². The summed E-state index contributed by atoms with van der Waals surface area (Å²) in [5.74, 6) is 0.175. The van der Waals surface area contributed by atoms with Gasteiger partial charge in [-0.3, -0.25) is 14.6 Å². The summed E-state index contributed by atoms with van der Waals surface area (Å²) in [4.78, 5) is 33.2. The molecule has 1 aliphatic rings. The van der Waals surface area contributed by atoms with Crippen molar-refractivity contribution in [1.29, 1.82) is 0 Å². The molecule has 0 radical (unpaired) electrons. The van der Waals surface area contributed by atoms with Crippen LogP contribution in [0.1, 0.15) is 48.5 Å². The fourth-order valence-electron chi connectivity index (χ4n) is 6.29. The number of ether oxygens (including phenoxy) is 1. The standard InChI is InChI=1S/C38H30N2O3/c1-26-23-40(24-28-8-4-2-5-9-28)35-20-30(12-14-32(26)35)38(22-27-16-18-39-19-17-27)36(41)33-15-13-31(21-34(33)37(38)42)43-25-29-10-6-3-7-11-29/h2-21,23H,22,24-25H2,1H3. The SMILES string of the molecule is Cc1cn(Cc2ccccc2)c2cc(C3(Cc4ccncc4)C(=O)c4ccc(OCc5ccccc5)cc4C3=O)ccc12. The molecule has 2 heterocycles. The zero-order valence-corrected chi connectivity index (χ0v) is 23.9. The maximum absolute atomic E-state index is 14.6. The minimum atomic E-state index is -1.40. The van der Waals surface area contributed by atoms with Gasteiger partial charge in [-0.15, -0.1) is 0 Å². The molecule has 1 atom stereocenters. The van der Waals surface area contributed by atoms with Gasteiger partial charge in [0.2, 0.25) is 0 Å². The van der Waals surface area contributed by atoms with Gasteiger partial charge >= 0.3 is 0 Å². The number of hydrogen-bond donors (Lipinski definition) is 0. The van der Waals surface area contributed by atoms with Gasteiger partial charge in [-0.25, -0.2) is 0 Å². The zero-order chi connectivity index (χ0) is 29.4. The van der Waals surface area contributed by atoms with Crippen LogP contribution >= 0.6 is 0 Å². The average molecular weight is 563 g/mol. The Morgan fingerprint density at radius 2 is 1.42 bits per heavy atom. The molecule has 0 saturated carbocycles. The molecule has 0 bridgehead atoms. The van der Waals surface area contributed by atoms with Crippen LogP contribution in [0.5, 0.6) is 5.75 Å². The number of carbonyl (C=O) groups is 2. The van der Waals surface area contributed by atoms with Gasteiger partial charge in [-0.2, -0.15) is 0 Å². The average Bonchev–Trinajstić information content (AvgIpc) is 3.47. The number of aromatic nitrogens is 2. The van der Waals surface area contributed by atoms with Crippen LogP contribution in [0, 0.1) is 6.92 Å². The Hall–Kier alpha value is -5.29. The number of ketones is 2. The number of aryl methyl sites for hydroxylation is 1. The first-order valence-electron chi connectivity index (χ1n) is 14.5. The van der Waals surface area contributed by atoms with Crippen LogP contribution < -0.4 is 4.74 Å². The van der Waals surface area contributed by atoms with E-state index in [2.05, 4.69) is 34.8 Å². The fraction of sp³-hybridized carbons (Fsp3) is 0.132. The van der Waals surface area contributed by atoms with Gasteiger partial charge in [0, 0.05) is 47.2 Å². The molecule has 1 unspecified atom stereocenters. The van der Waals surface area contributed by atoms with Crippen molar-refractivity contribution in [1.82, 2.24) is 9.55 Å². The Morgan fingerprint density at radius 1 is 0.721 bits per heavy atom. The number of Topliss-reactive ketones (excluding diaryl/α,β-unsaturated/α-hetero) is 2. The molecular weight excluding hydrogens is 532 g/mol. The second-order valence-electron chi connectivity index (χ2n) is 11.2. The van der Waals surface area contributed by atoms with Crippen molar-refractivity contribution in [3.8, 4) is 5.75 Å². The van der Waals surface area contributed by atoms with Crippen molar-refractivity contribution >= 4 is 22.5 Å². The number of nitrogens with zero attached hydrogens (tertiary/aromatic N) is 2. The first kappa shape index (κ1) is 26.6. The molecule has 0 spiro atoms. The fourth-order valence-corrected chi connectivity index (χ4v) is 6.29. The summed E-state index contributed by atoms with van der Waals surface area (Å²) in [7, 11) is 0. The van der Waals surface area contributed by atoms with Crippen molar-refractivity contribution in [2.45, 2.75) is 31.9 Å². The second kappa shape index (κ2) is 10.8. The summed E-state index contributed by atoms with van der Waals surface area (Å²) >= 11 is 0. The molecule has 43 heavy (non-hydrogen) atoms. The van der Waals surface area contributed by atoms with Crippen molar-refractivity contribution in [3.63, 3.8) is 0 Å². The topological polar surface area (TPSA) is 61.2 Å². The van der Waals surface area contributed by atoms with Crippen LogP contribution in [-0.4, -0.2) is 21.1 Å². The normalized spacial score (nSPS) is 16.0. The van der Waals surface area contributed by atoms with Crippen LogP contribution in [-0.2, 0) is 25.0 Å². The Bertz CT molecular complexity index is 1960. The highest BCUT2D eigenvalue weighted by Gasteiger charge is 2.54. The third-order valence-corrected chi connectivity index (χ3v) is 8.49. The van der Waals surface area contributed by atoms with Gasteiger partial charge in [0.05, 0.1) is 0 Å². The lowest BCUT2D eigenvalue weighted by Crippen LogP contribution is -2.40. The van der Waals surface area contributed by atoms with Gasteiger partial charge in [-0.05, 0) is 77.6 Å². The van der Waals surface area contributed by atoms with Crippen LogP contribution in [0.15, 0.2) is 128 Å². The number of fused-ring (bicyclic) bond motifs is 2. The van der Waals surface area contributed by atoms with Gasteiger partial charge in [0.25, 0.3) is 0 Å². The molecular formula is C38H30N2O3. The molecule has 0 aliphatic heterocycles. The molecule has 2 aromatic heterocycles. The molecule has 5 nitrogen and oxygen atoms in total. The maximum Gasteiger partial charge on any atom is 0.182 e. The smallest absolute Gasteiger partial charge is 0.182 e. The molecule has 0 amide bonds. The van der Waals surface area contributed by atoms with E-state index in [1.165, 1.54) is 5.56 Å². The Labute approximate surface area is 250 Å². The lowest BCUT2D eigenvalue weighted by Gasteiger charge is -2.27. The molecule has 4 aromatic carbocycles. The van der Waals surface area contributed by atoms with E-state index in [-0.39, 0.29) is 18.0 Å². The second-order valence-corrected chi connectivity index (χ2v) is 11.2. The van der Waals surface area contributed by atoms with Crippen LogP contribution in [0.25, 0.3) is 10.9 Å². The van der Waals surface area contributed by atoms with Crippen LogP contribution in [0.4, 0.5) is 0 Å². The van der Waals surface area contributed by atoms with Gasteiger partial charge in [0.15, 0.2) is 11.6 Å². The number of carbonyl (C=O) groups excluding carboxylic acids is 2. The van der Waals surface area contributed by atoms with E-state index in [1.54, 1.807) is 30.6 Å². The molecule has 210 valence electrons. The lowest BCUT2D eigenvalue weighted by molar-refractivity contribution is 0.0793. The molecule has 0 saturated heterocycles. The molecule has 0 N–H and O–H groups in total. The Morgan fingerprint density at radius 3 is 2.16 bits per heavy atom. The first-order chi connectivity index (χ1) is 21.0. The number of benzene rings is 4. The summed E-state index contributed by atoms with van der Waals surface area (Å²) in [5, 5.41) is 1.10. The largest absolute Gasteiger partial charge is 0.489 e. The highest BCUT2D eigenvalue weighted by molar-refractivity contribution is 6.33. The van der Waals surface area contributed by atoms with Gasteiger partial charge in [-0.1, -0.05) is 72.8 Å². The Balaban J connectivity index is 1.32. The van der Waals surface area contributed by atoms with E-state index in [0.717, 1.165) is 27.6 Å². The van der Waals surface area contributed by atoms with E-state index < -0.39 is 5.41 Å². The monoisotopic (exact) mass is 562 g/mol. The lowest BCUT2D eigenvalue weighted by atomic mass is 9.71. The molecule has 1 aliphatic carbocycles. The maximum atomic E-state index is 14.6. The van der Waals surface area contributed by atoms with Crippen LogP contribution in [0.2, 0.25) is 0 Å². The summed E-state index contributed by atoms with van der Waals surface area (Å²) in [6.07, 6.45) is 5.78. The molecule has 0 fully saturated rings. The first-order valence-corrected chi connectivity index (χ1v) is 14.5. The summed E-state index contributed by atoms with van der Waals surface area (Å²) in [5.41, 5.74) is 5.36. The van der Waals surface area contributed by atoms with E-state index in [1.807, 2.05) is 78.9 Å². The van der Waals surface area contributed by atoms with E-state index in [9.17, 15) is 9.59 Å². The van der Waals surface area contributed by atoms with Crippen molar-refractivity contribution in [2.24, 2.45) is 0 Å². The predicted molar refractivity (Wildman–Crippen MR) is 168 cm³/mol. The van der Waals surface area contributed by atoms with Gasteiger partial charge in [0.1, 0.15) is 17.8 Å². The number of rotatable bonds is 8. The van der Waals surface area contributed by atoms with E-state index in [4.69, 9.17) is 4.74 Å². The van der Waals surface area contributed by atoms with Crippen molar-refractivity contribution in [3.05, 3.63) is 167 Å². The minimum Gasteiger partial charge on any atom is -0.489 e. The summed E-state index contributed by atoms with van der Waals surface area (Å²) in [6.45, 7) is 3.16. The third kappa shape index (κ3) is 4.73. The quantitative estimate of drug-likeness (QED) is 0.180. The van der Waals surface area contributed by atoms with Crippen molar-refractivity contribution in [2.75, 3.05) is 0 Å². The summed E-state index contributed by atoms with van der Waals surface area (Å²) in [6, 6.07) is 35.2. The summed E-state index contributed by atoms with van der Waals surface area (Å²) < 4.78 is 8.26. The van der Waals surface area contributed by atoms with Gasteiger partial charge < -0.3 is 9.30 Å². The molecule has 5 heteroatoms. The van der Waals surface area contributed by atoms with E-state index in [0.29, 0.717) is 35.6 Å². The predicted octanol–water partition coefficient (Wildman–Crippen LogP) is 7.53. The molecule has 6 aromatic rings. The van der Waals surface area contributed by atoms with Crippen molar-refractivity contribution < 1.29 is 14.3 Å². The molecule has 7 rings (SSSR count). The third-order valence-electron chi connectivity index (χ3n) is 8.49. The highest BCUT2D eigenvalue weighted by Crippen LogP contribution is 2.44. The minimum absolute atomic E-state index is 0.184. The highest BCUT2D eigenvalue weighted by atomic mass is 16.5. The Kier molecular flexibility index (Phi) is 6.71. The number of pyridine rings is 1. The zero-order valence-electron chi connectivity index (χ0n) is 23.9.